The van der Waals surface area contributed by atoms with Crippen molar-refractivity contribution in [1.82, 2.24) is 20.1 Å². The zero-order chi connectivity index (χ0) is 18.8. The van der Waals surface area contributed by atoms with Crippen molar-refractivity contribution >= 4 is 17.5 Å². The molecule has 0 atom stereocenters. The molecule has 0 radical (unpaired) electrons. The van der Waals surface area contributed by atoms with E-state index in [1.807, 2.05) is 54.1 Å². The number of benzene rings is 1. The van der Waals surface area contributed by atoms with Crippen molar-refractivity contribution in [2.45, 2.75) is 38.6 Å². The minimum Gasteiger partial charge on any atom is -0.346 e. The summed E-state index contributed by atoms with van der Waals surface area (Å²) < 4.78 is 1.84. The summed E-state index contributed by atoms with van der Waals surface area (Å²) in [4.78, 5) is 17.3. The maximum absolute atomic E-state index is 13.1. The van der Waals surface area contributed by atoms with Crippen molar-refractivity contribution < 1.29 is 4.79 Å². The van der Waals surface area contributed by atoms with Crippen molar-refractivity contribution in [3.8, 4) is 5.69 Å². The van der Waals surface area contributed by atoms with Gasteiger partial charge in [-0.15, -0.1) is 0 Å². The summed E-state index contributed by atoms with van der Waals surface area (Å²) in [5.41, 5.74) is 4.10. The molecule has 1 aromatic carbocycles. The largest absolute Gasteiger partial charge is 0.346 e. The molecule has 3 aromatic rings. The predicted octanol–water partition coefficient (Wildman–Crippen LogP) is 4.29. The fourth-order valence-electron chi connectivity index (χ4n) is 3.27. The molecule has 6 heteroatoms. The number of amides is 1. The van der Waals surface area contributed by atoms with Crippen LogP contribution < -0.4 is 5.32 Å². The zero-order valence-corrected chi connectivity index (χ0v) is 15.9. The van der Waals surface area contributed by atoms with Crippen molar-refractivity contribution in [3.63, 3.8) is 0 Å². The molecule has 2 aromatic heterocycles. The molecule has 138 valence electrons. The number of para-hydroxylation sites is 1. The summed E-state index contributed by atoms with van der Waals surface area (Å²) in [6.07, 6.45) is 4.56. The minimum absolute atomic E-state index is 0.0993. The lowest BCUT2D eigenvalue weighted by Gasteiger charge is -2.10. The molecule has 1 amide bonds. The molecule has 1 aliphatic rings. The van der Waals surface area contributed by atoms with Crippen molar-refractivity contribution in [2.75, 3.05) is 0 Å². The molecule has 4 rings (SSSR count). The molecule has 0 unspecified atom stereocenters. The molecule has 1 N–H and O–H groups in total. The van der Waals surface area contributed by atoms with E-state index >= 15 is 0 Å². The molecule has 0 bridgehead atoms. The molecule has 0 saturated heterocycles. The van der Waals surface area contributed by atoms with Gasteiger partial charge < -0.3 is 5.32 Å². The number of aromatic nitrogens is 3. The van der Waals surface area contributed by atoms with Crippen molar-refractivity contribution in [3.05, 3.63) is 76.3 Å². The van der Waals surface area contributed by atoms with E-state index in [-0.39, 0.29) is 5.91 Å². The lowest BCUT2D eigenvalue weighted by atomic mass is 10.1. The number of carbonyl (C=O) groups excluding carboxylic acids is 1. The Kier molecular flexibility index (Phi) is 4.94. The van der Waals surface area contributed by atoms with Crippen LogP contribution in [0.1, 0.15) is 53.1 Å². The average molecular weight is 381 g/mol. The summed E-state index contributed by atoms with van der Waals surface area (Å²) in [6, 6.07) is 13.3. The highest BCUT2D eigenvalue weighted by molar-refractivity contribution is 6.32. The molecule has 0 spiro atoms. The summed E-state index contributed by atoms with van der Waals surface area (Å²) in [7, 11) is 0. The van der Waals surface area contributed by atoms with Gasteiger partial charge >= 0.3 is 0 Å². The molecule has 1 fully saturated rings. The number of nitrogens with one attached hydrogen (secondary N) is 1. The molecule has 1 aliphatic carbocycles. The molecule has 2 heterocycles. The number of hydrogen-bond donors (Lipinski definition) is 1. The molecule has 27 heavy (non-hydrogen) atoms. The van der Waals surface area contributed by atoms with Gasteiger partial charge in [0, 0.05) is 12.1 Å². The van der Waals surface area contributed by atoms with Gasteiger partial charge in [-0.2, -0.15) is 5.10 Å². The SMILES string of the molecule is CCc1c(C(=O)NCc2ccccn2)c(C2CC2)nn1-c1ccccc1Cl. The van der Waals surface area contributed by atoms with Crippen LogP contribution in [-0.4, -0.2) is 20.7 Å². The fourth-order valence-corrected chi connectivity index (χ4v) is 3.49. The Balaban J connectivity index is 1.71. The third-order valence-corrected chi connectivity index (χ3v) is 5.09. The summed E-state index contributed by atoms with van der Waals surface area (Å²) in [5, 5.41) is 8.43. The van der Waals surface area contributed by atoms with E-state index in [4.69, 9.17) is 16.7 Å². The summed E-state index contributed by atoms with van der Waals surface area (Å²) in [6.45, 7) is 2.43. The lowest BCUT2D eigenvalue weighted by Crippen LogP contribution is -2.25. The first-order chi connectivity index (χ1) is 13.2. The molecular formula is C21H21ClN4O. The third-order valence-electron chi connectivity index (χ3n) is 4.77. The second-order valence-corrected chi connectivity index (χ2v) is 7.11. The van der Waals surface area contributed by atoms with Crippen LogP contribution in [0.4, 0.5) is 0 Å². The van der Waals surface area contributed by atoms with E-state index in [0.717, 1.165) is 35.6 Å². The molecular weight excluding hydrogens is 360 g/mol. The average Bonchev–Trinajstić information content (AvgIpc) is 3.47. The van der Waals surface area contributed by atoms with Gasteiger partial charge in [0.15, 0.2) is 0 Å². The van der Waals surface area contributed by atoms with E-state index in [2.05, 4.69) is 10.3 Å². The van der Waals surface area contributed by atoms with Crippen LogP contribution >= 0.6 is 11.6 Å². The van der Waals surface area contributed by atoms with E-state index in [1.165, 1.54) is 0 Å². The smallest absolute Gasteiger partial charge is 0.255 e. The highest BCUT2D eigenvalue weighted by atomic mass is 35.5. The Labute approximate surface area is 163 Å². The first-order valence-electron chi connectivity index (χ1n) is 9.23. The summed E-state index contributed by atoms with van der Waals surface area (Å²) >= 11 is 6.40. The summed E-state index contributed by atoms with van der Waals surface area (Å²) in [5.74, 6) is 0.257. The lowest BCUT2D eigenvalue weighted by molar-refractivity contribution is 0.0948. The van der Waals surface area contributed by atoms with Crippen LogP contribution in [0.3, 0.4) is 0 Å². The fraction of sp³-hybridized carbons (Fsp3) is 0.286. The maximum atomic E-state index is 13.1. The normalized spacial score (nSPS) is 13.6. The molecule has 5 nitrogen and oxygen atoms in total. The van der Waals surface area contributed by atoms with Gasteiger partial charge in [-0.1, -0.05) is 36.7 Å². The Morgan fingerprint density at radius 2 is 2.00 bits per heavy atom. The number of halogens is 1. The van der Waals surface area contributed by atoms with Crippen LogP contribution in [0.2, 0.25) is 5.02 Å². The second kappa shape index (κ2) is 7.53. The second-order valence-electron chi connectivity index (χ2n) is 6.70. The Bertz CT molecular complexity index is 964. The highest BCUT2D eigenvalue weighted by Gasteiger charge is 2.34. The third kappa shape index (κ3) is 3.60. The monoisotopic (exact) mass is 380 g/mol. The minimum atomic E-state index is -0.0993. The van der Waals surface area contributed by atoms with E-state index in [1.54, 1.807) is 6.20 Å². The number of rotatable bonds is 6. The van der Waals surface area contributed by atoms with Crippen molar-refractivity contribution in [2.24, 2.45) is 0 Å². The van der Waals surface area contributed by atoms with Gasteiger partial charge in [-0.3, -0.25) is 9.78 Å². The number of hydrogen-bond acceptors (Lipinski definition) is 3. The Hall–Kier alpha value is -2.66. The first kappa shape index (κ1) is 17.7. The number of pyridine rings is 1. The van der Waals surface area contributed by atoms with Gasteiger partial charge in [-0.25, -0.2) is 4.68 Å². The van der Waals surface area contributed by atoms with Crippen LogP contribution in [0.5, 0.6) is 0 Å². The van der Waals surface area contributed by atoms with E-state index in [0.29, 0.717) is 29.5 Å². The Morgan fingerprint density at radius 1 is 1.22 bits per heavy atom. The standard InChI is InChI=1S/C21H21ClN4O/c1-2-17-19(21(27)24-13-15-7-5-6-12-23-15)20(14-10-11-14)25-26(17)18-9-4-3-8-16(18)22/h3-9,12,14H,2,10-11,13H2,1H3,(H,24,27). The van der Waals surface area contributed by atoms with Gasteiger partial charge in [0.1, 0.15) is 0 Å². The van der Waals surface area contributed by atoms with Gasteiger partial charge in [0.2, 0.25) is 0 Å². The van der Waals surface area contributed by atoms with Crippen LogP contribution in [0.15, 0.2) is 48.7 Å². The van der Waals surface area contributed by atoms with Gasteiger partial charge in [-0.05, 0) is 43.5 Å². The van der Waals surface area contributed by atoms with E-state index < -0.39 is 0 Å². The molecule has 1 saturated carbocycles. The van der Waals surface area contributed by atoms with E-state index in [9.17, 15) is 4.79 Å². The number of nitrogens with zero attached hydrogens (tertiary/aromatic N) is 3. The number of carbonyl (C=O) groups is 1. The quantitative estimate of drug-likeness (QED) is 0.693. The van der Waals surface area contributed by atoms with Crippen molar-refractivity contribution in [1.29, 1.82) is 0 Å². The maximum Gasteiger partial charge on any atom is 0.255 e. The highest BCUT2D eigenvalue weighted by Crippen LogP contribution is 2.42. The van der Waals surface area contributed by atoms with Crippen LogP contribution in [0, 0.1) is 0 Å². The Morgan fingerprint density at radius 3 is 2.67 bits per heavy atom. The van der Waals surface area contributed by atoms with Crippen LogP contribution in [0.25, 0.3) is 5.69 Å². The first-order valence-corrected chi connectivity index (χ1v) is 9.61. The zero-order valence-electron chi connectivity index (χ0n) is 15.2. The van der Waals surface area contributed by atoms with Gasteiger partial charge in [0.05, 0.1) is 39.9 Å². The topological polar surface area (TPSA) is 59.8 Å². The molecule has 0 aliphatic heterocycles. The predicted molar refractivity (Wildman–Crippen MR) is 105 cm³/mol. The van der Waals surface area contributed by atoms with Crippen LogP contribution in [-0.2, 0) is 13.0 Å². The van der Waals surface area contributed by atoms with Gasteiger partial charge in [0.25, 0.3) is 5.91 Å².